The van der Waals surface area contributed by atoms with Crippen molar-refractivity contribution in [3.63, 3.8) is 0 Å². The molecule has 1 aromatic carbocycles. The largest absolute Gasteiger partial charge is 0.490 e. The summed E-state index contributed by atoms with van der Waals surface area (Å²) in [4.78, 5) is 52.9. The van der Waals surface area contributed by atoms with Gasteiger partial charge in [-0.15, -0.1) is 0 Å². The molecule has 0 radical (unpaired) electrons. The van der Waals surface area contributed by atoms with Gasteiger partial charge in [0, 0.05) is 22.9 Å². The van der Waals surface area contributed by atoms with Gasteiger partial charge in [-0.3, -0.25) is 9.59 Å². The molecule has 1 atom stereocenters. The first-order valence-corrected chi connectivity index (χ1v) is 13.0. The maximum absolute atomic E-state index is 13.5. The molecule has 0 saturated heterocycles. The van der Waals surface area contributed by atoms with Crippen LogP contribution in [0, 0.1) is 0 Å². The van der Waals surface area contributed by atoms with Gasteiger partial charge in [-0.2, -0.15) is 13.2 Å². The molecule has 2 aliphatic heterocycles. The van der Waals surface area contributed by atoms with E-state index in [9.17, 15) is 27.6 Å². The molecule has 1 unspecified atom stereocenters. The number of aromatic nitrogens is 2. The Morgan fingerprint density at radius 1 is 1.17 bits per heavy atom. The Morgan fingerprint density at radius 3 is 2.54 bits per heavy atom. The van der Waals surface area contributed by atoms with Crippen LogP contribution in [0.2, 0.25) is 0 Å². The summed E-state index contributed by atoms with van der Waals surface area (Å²) < 4.78 is 44.6. The minimum absolute atomic E-state index is 0.144. The second-order valence-corrected chi connectivity index (χ2v) is 9.63. The quantitative estimate of drug-likeness (QED) is 0.248. The van der Waals surface area contributed by atoms with Crippen molar-refractivity contribution in [2.75, 3.05) is 6.54 Å². The lowest BCUT2D eigenvalue weighted by Gasteiger charge is -2.35. The number of carboxylic acids is 1. The van der Waals surface area contributed by atoms with E-state index in [1.807, 2.05) is 30.3 Å². The highest BCUT2D eigenvalue weighted by Gasteiger charge is 2.50. The van der Waals surface area contributed by atoms with Crippen molar-refractivity contribution in [1.29, 1.82) is 0 Å². The number of pyridine rings is 2. The van der Waals surface area contributed by atoms with Crippen molar-refractivity contribution >= 4 is 28.8 Å². The number of fused-ring (bicyclic) bond motifs is 5. The highest BCUT2D eigenvalue weighted by molar-refractivity contribution is 5.88. The van der Waals surface area contributed by atoms with Crippen LogP contribution in [0.5, 0.6) is 0 Å². The first kappa shape index (κ1) is 29.7. The number of nitrogens with zero attached hydrogens (tertiary/aromatic N) is 2. The topological polar surface area (TPSA) is 151 Å². The van der Waals surface area contributed by atoms with Gasteiger partial charge in [0.15, 0.2) is 0 Å². The second-order valence-electron chi connectivity index (χ2n) is 9.63. The van der Waals surface area contributed by atoms with Gasteiger partial charge < -0.3 is 24.9 Å². The number of cyclic esters (lactones) is 1. The van der Waals surface area contributed by atoms with Crippen LogP contribution in [0.25, 0.3) is 22.3 Å². The third kappa shape index (κ3) is 5.80. The zero-order chi connectivity index (χ0) is 29.9. The van der Waals surface area contributed by atoms with Crippen molar-refractivity contribution in [2.45, 2.75) is 64.0 Å². The van der Waals surface area contributed by atoms with E-state index in [0.717, 1.165) is 29.3 Å². The van der Waals surface area contributed by atoms with Crippen molar-refractivity contribution in [3.8, 4) is 11.4 Å². The van der Waals surface area contributed by atoms with Gasteiger partial charge in [-0.25, -0.2) is 14.6 Å². The number of carbonyl (C=O) groups is 3. The molecule has 13 heteroatoms. The smallest absolute Gasteiger partial charge is 0.475 e. The van der Waals surface area contributed by atoms with E-state index in [1.54, 1.807) is 17.6 Å². The third-order valence-corrected chi connectivity index (χ3v) is 7.00. The number of carboxylic acid groups (broad SMARTS) is 1. The average Bonchev–Trinajstić information content (AvgIpc) is 3.29. The summed E-state index contributed by atoms with van der Waals surface area (Å²) in [7, 11) is 0. The van der Waals surface area contributed by atoms with Gasteiger partial charge >= 0.3 is 24.1 Å². The lowest BCUT2D eigenvalue weighted by atomic mass is 9.85. The summed E-state index contributed by atoms with van der Waals surface area (Å²) in [6.07, 6.45) is -2.51. The van der Waals surface area contributed by atoms with E-state index in [-0.39, 0.29) is 25.0 Å². The number of hydrogen-bond acceptors (Lipinski definition) is 8. The Hall–Kier alpha value is -4.26. The molecule has 5 rings (SSSR count). The number of halogens is 3. The van der Waals surface area contributed by atoms with Gasteiger partial charge in [0.1, 0.15) is 6.61 Å². The van der Waals surface area contributed by atoms with Crippen LogP contribution in [0.15, 0.2) is 41.2 Å². The zero-order valence-electron chi connectivity index (χ0n) is 22.1. The number of unbranched alkanes of at least 4 members (excludes halogenated alkanes) is 2. The fraction of sp³-hybridized carbons (Fsp3) is 0.393. The molecule has 2 aliphatic rings. The van der Waals surface area contributed by atoms with Crippen molar-refractivity contribution in [2.24, 2.45) is 5.73 Å². The molecule has 2 aromatic heterocycles. The van der Waals surface area contributed by atoms with E-state index in [1.165, 1.54) is 0 Å². The molecular weight excluding hydrogens is 547 g/mol. The van der Waals surface area contributed by atoms with Crippen molar-refractivity contribution in [1.82, 2.24) is 9.55 Å². The minimum atomic E-state index is -5.08. The number of carbonyl (C=O) groups excluding carboxylic acids is 2. The Bertz CT molecular complexity index is 1570. The number of para-hydroxylation sites is 1. The van der Waals surface area contributed by atoms with Gasteiger partial charge in [0.25, 0.3) is 5.56 Å². The standard InChI is InChI=1S/C26H27N3O5.C2HF3O2/c1-2-26(34-22(30)10-4-3-7-11-27)19-13-21-23-17(12-16-8-5-6-9-20(16)28-23)14-29(21)24(31)18(19)15-33-25(26)32;3-2(4,5)1(6)7/h5-6,8-9,12-13H,2-4,7,10-11,14-15,27H2,1H3;(H,6,7). The predicted molar refractivity (Wildman–Crippen MR) is 140 cm³/mol. The first-order valence-electron chi connectivity index (χ1n) is 13.0. The minimum Gasteiger partial charge on any atom is -0.475 e. The molecule has 3 N–H and O–H groups in total. The molecule has 0 aliphatic carbocycles. The van der Waals surface area contributed by atoms with Crippen LogP contribution in [-0.4, -0.2) is 45.3 Å². The summed E-state index contributed by atoms with van der Waals surface area (Å²) in [6, 6.07) is 11.6. The van der Waals surface area contributed by atoms with Gasteiger partial charge in [-0.1, -0.05) is 31.5 Å². The number of esters is 2. The summed E-state index contributed by atoms with van der Waals surface area (Å²) >= 11 is 0. The number of alkyl halides is 3. The van der Waals surface area contributed by atoms with Crippen LogP contribution in [0.4, 0.5) is 13.2 Å². The maximum atomic E-state index is 13.5. The summed E-state index contributed by atoms with van der Waals surface area (Å²) in [6.45, 7) is 2.56. The monoisotopic (exact) mass is 575 g/mol. The predicted octanol–water partition coefficient (Wildman–Crippen LogP) is 3.78. The molecule has 0 bridgehead atoms. The average molecular weight is 576 g/mol. The molecule has 0 amide bonds. The number of rotatable bonds is 7. The molecule has 3 aromatic rings. The molecular formula is C28H28F3N3O7. The summed E-state index contributed by atoms with van der Waals surface area (Å²) in [5.74, 6) is -3.90. The van der Waals surface area contributed by atoms with E-state index in [0.29, 0.717) is 42.0 Å². The zero-order valence-corrected chi connectivity index (χ0v) is 22.1. The molecule has 0 saturated carbocycles. The van der Waals surface area contributed by atoms with Gasteiger partial charge in [-0.05, 0) is 44.0 Å². The number of ether oxygens (including phenoxy) is 2. The van der Waals surface area contributed by atoms with Crippen LogP contribution in [0.1, 0.15) is 55.7 Å². The second kappa shape index (κ2) is 11.7. The highest BCUT2D eigenvalue weighted by atomic mass is 19.4. The van der Waals surface area contributed by atoms with Crippen LogP contribution >= 0.6 is 0 Å². The summed E-state index contributed by atoms with van der Waals surface area (Å²) in [5, 5.41) is 8.12. The van der Waals surface area contributed by atoms with Crippen molar-refractivity contribution in [3.05, 3.63) is 63.4 Å². The Kier molecular flexibility index (Phi) is 8.47. The first-order chi connectivity index (χ1) is 19.4. The molecule has 0 fully saturated rings. The van der Waals surface area contributed by atoms with Crippen LogP contribution in [-0.2, 0) is 42.6 Å². The number of benzene rings is 1. The Labute approximate surface area is 231 Å². The third-order valence-electron chi connectivity index (χ3n) is 7.00. The fourth-order valence-electron chi connectivity index (χ4n) is 4.92. The van der Waals surface area contributed by atoms with Crippen LogP contribution in [0.3, 0.4) is 0 Å². The van der Waals surface area contributed by atoms with Gasteiger partial charge in [0.05, 0.1) is 29.0 Å². The number of nitrogens with two attached hydrogens (primary N) is 1. The SMILES string of the molecule is CCC1(OC(=O)CCCCCN)C(=O)OCc2c1cc1n(c2=O)Cc2cc3ccccc3nc2-1.O=C(O)C(F)(F)F. The van der Waals surface area contributed by atoms with E-state index < -0.39 is 29.7 Å². The Morgan fingerprint density at radius 2 is 1.88 bits per heavy atom. The van der Waals surface area contributed by atoms with E-state index in [2.05, 4.69) is 0 Å². The molecule has 41 heavy (non-hydrogen) atoms. The fourth-order valence-corrected chi connectivity index (χ4v) is 4.92. The normalized spacial score (nSPS) is 17.0. The van der Waals surface area contributed by atoms with E-state index >= 15 is 0 Å². The lowest BCUT2D eigenvalue weighted by Crippen LogP contribution is -2.47. The van der Waals surface area contributed by atoms with Gasteiger partial charge in [0.2, 0.25) is 5.60 Å². The molecule has 218 valence electrons. The van der Waals surface area contributed by atoms with Crippen LogP contribution < -0.4 is 11.3 Å². The number of hydrogen-bond donors (Lipinski definition) is 2. The molecule has 4 heterocycles. The van der Waals surface area contributed by atoms with Crippen molar-refractivity contribution < 1.29 is 42.1 Å². The lowest BCUT2D eigenvalue weighted by molar-refractivity contribution is -0.192. The maximum Gasteiger partial charge on any atom is 0.490 e. The molecule has 10 nitrogen and oxygen atoms in total. The molecule has 0 spiro atoms. The number of aliphatic carboxylic acids is 1. The Balaban J connectivity index is 0.000000493. The summed E-state index contributed by atoms with van der Waals surface area (Å²) in [5.41, 5.74) is 7.45. The van der Waals surface area contributed by atoms with E-state index in [4.69, 9.17) is 30.1 Å². The highest BCUT2D eigenvalue weighted by Crippen LogP contribution is 2.41.